The van der Waals surface area contributed by atoms with E-state index in [1.54, 1.807) is 0 Å². The first-order chi connectivity index (χ1) is 12.2. The minimum Gasteiger partial charge on any atom is -0.289 e. The second kappa shape index (κ2) is 7.67. The normalized spacial score (nSPS) is 28.7. The molecule has 0 spiro atoms. The number of piperidine rings is 2. The Kier molecular flexibility index (Phi) is 6.45. The Morgan fingerprint density at radius 3 is 1.11 bits per heavy atom. The summed E-state index contributed by atoms with van der Waals surface area (Å²) in [6.07, 6.45) is 10.7. The molecule has 0 unspecified atom stereocenters. The van der Waals surface area contributed by atoms with Gasteiger partial charge in [0, 0.05) is 35.2 Å². The van der Waals surface area contributed by atoms with Crippen molar-refractivity contribution >= 4 is 0 Å². The quantitative estimate of drug-likeness (QED) is 0.504. The third-order valence-corrected chi connectivity index (χ3v) is 7.37. The summed E-state index contributed by atoms with van der Waals surface area (Å²) in [5.74, 6) is 1.64. The van der Waals surface area contributed by atoms with Crippen molar-refractivity contribution in [2.75, 3.05) is 13.1 Å². The maximum Gasteiger partial charge on any atom is 0.0171 e. The van der Waals surface area contributed by atoms with Crippen molar-refractivity contribution in [2.45, 2.75) is 110 Å². The van der Waals surface area contributed by atoms with E-state index in [1.807, 2.05) is 0 Å². The minimum absolute atomic E-state index is 0.245. The minimum atomic E-state index is 0.245. The van der Waals surface area contributed by atoms with Gasteiger partial charge in [-0.25, -0.2) is 0 Å². The zero-order valence-corrected chi connectivity index (χ0v) is 19.6. The van der Waals surface area contributed by atoms with Gasteiger partial charge in [-0.15, -0.1) is 13.2 Å². The van der Waals surface area contributed by atoms with Crippen LogP contribution < -0.4 is 0 Å². The van der Waals surface area contributed by atoms with Gasteiger partial charge in [0.15, 0.2) is 0 Å². The predicted octanol–water partition coefficient (Wildman–Crippen LogP) is 6.29. The second-order valence-corrected chi connectivity index (χ2v) is 11.8. The molecule has 2 aliphatic heterocycles. The molecule has 2 rings (SSSR count). The molecule has 0 N–H and O–H groups in total. The molecule has 0 aliphatic carbocycles. The third kappa shape index (κ3) is 4.88. The first kappa shape index (κ1) is 22.7. The Morgan fingerprint density at radius 2 is 0.889 bits per heavy atom. The van der Waals surface area contributed by atoms with Crippen LogP contribution in [0.2, 0.25) is 0 Å². The standard InChI is InChI=1S/C25H46N2/c1-11-13-26-22(3,4)16-20(17-23(26,5)6)15-21-18-24(7,8)27(14-12-2)25(9,10)19-21/h11-12,20-21H,1-2,13-19H2,3-10H3. The molecule has 0 amide bonds. The highest BCUT2D eigenvalue weighted by Gasteiger charge is 2.48. The molecule has 0 aromatic heterocycles. The third-order valence-electron chi connectivity index (χ3n) is 7.37. The maximum absolute atomic E-state index is 4.00. The molecule has 2 aliphatic rings. The van der Waals surface area contributed by atoms with E-state index >= 15 is 0 Å². The van der Waals surface area contributed by atoms with Gasteiger partial charge in [0.1, 0.15) is 0 Å². The summed E-state index contributed by atoms with van der Waals surface area (Å²) in [6.45, 7) is 29.5. The van der Waals surface area contributed by atoms with Crippen molar-refractivity contribution < 1.29 is 0 Å². The fraction of sp³-hybridized carbons (Fsp3) is 0.840. The molecule has 0 aromatic rings. The molecular formula is C25H46N2. The zero-order valence-electron chi connectivity index (χ0n) is 19.6. The van der Waals surface area contributed by atoms with Gasteiger partial charge in [-0.3, -0.25) is 9.80 Å². The average molecular weight is 375 g/mol. The highest BCUT2D eigenvalue weighted by Crippen LogP contribution is 2.48. The van der Waals surface area contributed by atoms with E-state index in [2.05, 4.69) is 90.5 Å². The summed E-state index contributed by atoms with van der Waals surface area (Å²) in [4.78, 5) is 5.34. The molecular weight excluding hydrogens is 328 g/mol. The SMILES string of the molecule is C=CCN1C(C)(C)CC(CC2CC(C)(C)N(CC=C)C(C)(C)C2)CC1(C)C. The monoisotopic (exact) mass is 374 g/mol. The fourth-order valence-corrected chi connectivity index (χ4v) is 7.10. The van der Waals surface area contributed by atoms with Crippen LogP contribution in [-0.4, -0.2) is 45.0 Å². The van der Waals surface area contributed by atoms with Gasteiger partial charge in [-0.2, -0.15) is 0 Å². The summed E-state index contributed by atoms with van der Waals surface area (Å²) in [7, 11) is 0. The van der Waals surface area contributed by atoms with E-state index < -0.39 is 0 Å². The predicted molar refractivity (Wildman–Crippen MR) is 120 cm³/mol. The lowest BCUT2D eigenvalue weighted by molar-refractivity contribution is -0.0693. The molecule has 2 heteroatoms. The van der Waals surface area contributed by atoms with Gasteiger partial charge in [0.25, 0.3) is 0 Å². The van der Waals surface area contributed by atoms with Crippen LogP contribution in [0, 0.1) is 11.8 Å². The Labute approximate surface area is 170 Å². The van der Waals surface area contributed by atoms with Crippen LogP contribution in [0.15, 0.2) is 25.3 Å². The van der Waals surface area contributed by atoms with Crippen molar-refractivity contribution in [1.29, 1.82) is 0 Å². The largest absolute Gasteiger partial charge is 0.289 e. The number of hydrogen-bond acceptors (Lipinski definition) is 2. The van der Waals surface area contributed by atoms with Gasteiger partial charge in [-0.1, -0.05) is 12.2 Å². The highest BCUT2D eigenvalue weighted by molar-refractivity contribution is 5.05. The smallest absolute Gasteiger partial charge is 0.0171 e. The molecule has 2 heterocycles. The molecule has 0 bridgehead atoms. The van der Waals surface area contributed by atoms with E-state index in [0.29, 0.717) is 0 Å². The second-order valence-electron chi connectivity index (χ2n) is 11.8. The number of hydrogen-bond donors (Lipinski definition) is 0. The summed E-state index contributed by atoms with van der Waals surface area (Å²) in [5, 5.41) is 0. The number of likely N-dealkylation sites (tertiary alicyclic amines) is 2. The van der Waals surface area contributed by atoms with E-state index in [1.165, 1.54) is 32.1 Å². The zero-order chi connectivity index (χ0) is 20.7. The molecule has 0 radical (unpaired) electrons. The van der Waals surface area contributed by atoms with Gasteiger partial charge >= 0.3 is 0 Å². The highest BCUT2D eigenvalue weighted by atomic mass is 15.3. The van der Waals surface area contributed by atoms with Crippen molar-refractivity contribution in [1.82, 2.24) is 9.80 Å². The molecule has 2 saturated heterocycles. The van der Waals surface area contributed by atoms with Crippen molar-refractivity contribution in [2.24, 2.45) is 11.8 Å². The topological polar surface area (TPSA) is 6.48 Å². The first-order valence-corrected chi connectivity index (χ1v) is 11.0. The van der Waals surface area contributed by atoms with E-state index in [9.17, 15) is 0 Å². The van der Waals surface area contributed by atoms with Gasteiger partial charge in [0.05, 0.1) is 0 Å². The van der Waals surface area contributed by atoms with E-state index in [0.717, 1.165) is 24.9 Å². The average Bonchev–Trinajstić information content (AvgIpc) is 2.45. The molecule has 156 valence electrons. The van der Waals surface area contributed by atoms with Crippen molar-refractivity contribution in [3.8, 4) is 0 Å². The lowest BCUT2D eigenvalue weighted by Gasteiger charge is -2.58. The van der Waals surface area contributed by atoms with Crippen LogP contribution >= 0.6 is 0 Å². The van der Waals surface area contributed by atoms with E-state index in [-0.39, 0.29) is 22.2 Å². The maximum atomic E-state index is 4.00. The van der Waals surface area contributed by atoms with Gasteiger partial charge < -0.3 is 0 Å². The molecule has 0 saturated carbocycles. The summed E-state index contributed by atoms with van der Waals surface area (Å²) >= 11 is 0. The van der Waals surface area contributed by atoms with Crippen LogP contribution in [0.25, 0.3) is 0 Å². The summed E-state index contributed by atoms with van der Waals surface area (Å²) < 4.78 is 0. The number of rotatable bonds is 6. The van der Waals surface area contributed by atoms with Crippen molar-refractivity contribution in [3.63, 3.8) is 0 Å². The van der Waals surface area contributed by atoms with Crippen LogP contribution in [0.5, 0.6) is 0 Å². The molecule has 0 atom stereocenters. The van der Waals surface area contributed by atoms with Gasteiger partial charge in [0.2, 0.25) is 0 Å². The van der Waals surface area contributed by atoms with Crippen LogP contribution in [0.3, 0.4) is 0 Å². The van der Waals surface area contributed by atoms with Gasteiger partial charge in [-0.05, 0) is 99.3 Å². The van der Waals surface area contributed by atoms with Crippen LogP contribution in [0.4, 0.5) is 0 Å². The Bertz CT molecular complexity index is 457. The molecule has 2 fully saturated rings. The summed E-state index contributed by atoms with van der Waals surface area (Å²) in [6, 6.07) is 0. The Balaban J connectivity index is 2.13. The molecule has 0 aromatic carbocycles. The van der Waals surface area contributed by atoms with E-state index in [4.69, 9.17) is 0 Å². The molecule has 2 nitrogen and oxygen atoms in total. The first-order valence-electron chi connectivity index (χ1n) is 11.0. The lowest BCUT2D eigenvalue weighted by Crippen LogP contribution is -2.62. The van der Waals surface area contributed by atoms with Crippen LogP contribution in [0.1, 0.15) is 87.5 Å². The Hall–Kier alpha value is -0.600. The lowest BCUT2D eigenvalue weighted by atomic mass is 9.66. The number of nitrogens with zero attached hydrogens (tertiary/aromatic N) is 2. The summed E-state index contributed by atoms with van der Waals surface area (Å²) in [5.41, 5.74) is 0.981. The molecule has 27 heavy (non-hydrogen) atoms. The van der Waals surface area contributed by atoms with Crippen LogP contribution in [-0.2, 0) is 0 Å². The fourth-order valence-electron chi connectivity index (χ4n) is 7.10. The van der Waals surface area contributed by atoms with Crippen molar-refractivity contribution in [3.05, 3.63) is 25.3 Å². The Morgan fingerprint density at radius 1 is 0.630 bits per heavy atom.